The van der Waals surface area contributed by atoms with Crippen molar-refractivity contribution in [3.63, 3.8) is 0 Å². The molecule has 1 spiro atoms. The third-order valence-electron chi connectivity index (χ3n) is 7.44. The maximum Gasteiger partial charge on any atom is 0.326 e. The van der Waals surface area contributed by atoms with Crippen molar-refractivity contribution in [1.82, 2.24) is 14.5 Å². The van der Waals surface area contributed by atoms with Crippen LogP contribution in [-0.4, -0.2) is 73.2 Å². The van der Waals surface area contributed by atoms with Gasteiger partial charge in [-0.1, -0.05) is 38.8 Å². The summed E-state index contributed by atoms with van der Waals surface area (Å²) < 4.78 is 32.4. The Labute approximate surface area is 233 Å². The average Bonchev–Trinajstić information content (AvgIpc) is 3.06. The van der Waals surface area contributed by atoms with Crippen molar-refractivity contribution < 1.29 is 32.3 Å². The molecule has 3 aliphatic rings. The lowest BCUT2D eigenvalue weighted by atomic mass is 9.64. The van der Waals surface area contributed by atoms with E-state index in [0.29, 0.717) is 25.9 Å². The molecule has 2 saturated heterocycles. The van der Waals surface area contributed by atoms with Gasteiger partial charge in [-0.25, -0.2) is 13.2 Å². The molecule has 1 aliphatic carbocycles. The second-order valence-corrected chi connectivity index (χ2v) is 13.9. The summed E-state index contributed by atoms with van der Waals surface area (Å²) >= 11 is 6.17. The number of sulfonamides is 1. The van der Waals surface area contributed by atoms with Gasteiger partial charge in [-0.05, 0) is 61.6 Å². The molecular weight excluding hydrogens is 548 g/mol. The Morgan fingerprint density at radius 2 is 1.85 bits per heavy atom. The molecule has 11 nitrogen and oxygen atoms in total. The van der Waals surface area contributed by atoms with Crippen LogP contribution < -0.4 is 10.6 Å². The molecular formula is C26H35ClN4O7S. The number of esters is 1. The largest absolute Gasteiger partial charge is 0.454 e. The van der Waals surface area contributed by atoms with E-state index in [9.17, 15) is 27.6 Å². The second-order valence-electron chi connectivity index (χ2n) is 11.6. The molecule has 3 fully saturated rings. The topological polar surface area (TPSA) is 142 Å². The van der Waals surface area contributed by atoms with Gasteiger partial charge in [0, 0.05) is 13.1 Å². The highest BCUT2D eigenvalue weighted by Crippen LogP contribution is 2.46. The third kappa shape index (κ3) is 6.38. The highest BCUT2D eigenvalue weighted by atomic mass is 35.5. The van der Waals surface area contributed by atoms with Gasteiger partial charge in [0.25, 0.3) is 11.8 Å². The summed E-state index contributed by atoms with van der Waals surface area (Å²) in [4.78, 5) is 51.5. The van der Waals surface area contributed by atoms with Crippen LogP contribution in [0.3, 0.4) is 0 Å². The first kappa shape index (κ1) is 29.3. The molecule has 2 N–H and O–H groups in total. The maximum atomic E-state index is 13.2. The number of nitrogens with one attached hydrogen (secondary N) is 2. The molecule has 0 unspecified atom stereocenters. The van der Waals surface area contributed by atoms with E-state index in [2.05, 4.69) is 10.6 Å². The molecule has 4 rings (SSSR count). The van der Waals surface area contributed by atoms with Crippen LogP contribution in [0.2, 0.25) is 5.02 Å². The molecule has 4 amide bonds. The Morgan fingerprint density at radius 1 is 1.15 bits per heavy atom. The van der Waals surface area contributed by atoms with Crippen LogP contribution in [0, 0.1) is 11.3 Å². The predicted molar refractivity (Wildman–Crippen MR) is 143 cm³/mol. The van der Waals surface area contributed by atoms with E-state index < -0.39 is 52.5 Å². The van der Waals surface area contributed by atoms with Gasteiger partial charge in [-0.3, -0.25) is 19.3 Å². The minimum absolute atomic E-state index is 0.00575. The van der Waals surface area contributed by atoms with Crippen molar-refractivity contribution >= 4 is 51.1 Å². The molecule has 2 aliphatic heterocycles. The van der Waals surface area contributed by atoms with Crippen LogP contribution >= 0.6 is 11.6 Å². The zero-order valence-corrected chi connectivity index (χ0v) is 24.0. The number of ether oxygens (including phenoxy) is 1. The van der Waals surface area contributed by atoms with Crippen molar-refractivity contribution in [3.8, 4) is 0 Å². The van der Waals surface area contributed by atoms with E-state index in [0.717, 1.165) is 30.6 Å². The van der Waals surface area contributed by atoms with Crippen LogP contribution in [0.4, 0.5) is 10.5 Å². The second kappa shape index (κ2) is 11.1. The third-order valence-corrected chi connectivity index (χ3v) is 9.66. The Morgan fingerprint density at radius 3 is 2.51 bits per heavy atom. The van der Waals surface area contributed by atoms with Crippen molar-refractivity contribution in [1.29, 1.82) is 0 Å². The molecule has 39 heavy (non-hydrogen) atoms. The first-order valence-corrected chi connectivity index (χ1v) is 14.9. The van der Waals surface area contributed by atoms with E-state index in [1.807, 2.05) is 20.8 Å². The highest BCUT2D eigenvalue weighted by molar-refractivity contribution is 7.89. The molecule has 13 heteroatoms. The number of carbonyl (C=O) groups is 4. The summed E-state index contributed by atoms with van der Waals surface area (Å²) in [5.41, 5.74) is -1.14. The van der Waals surface area contributed by atoms with E-state index in [4.69, 9.17) is 16.3 Å². The average molecular weight is 583 g/mol. The number of rotatable bonds is 7. The summed E-state index contributed by atoms with van der Waals surface area (Å²) in [6, 6.07) is 3.36. The van der Waals surface area contributed by atoms with Gasteiger partial charge in [-0.15, -0.1) is 0 Å². The smallest absolute Gasteiger partial charge is 0.326 e. The number of hydrogen-bond donors (Lipinski definition) is 2. The summed E-state index contributed by atoms with van der Waals surface area (Å²) in [6.07, 6.45) is 4.42. The molecule has 1 aromatic carbocycles. The van der Waals surface area contributed by atoms with Crippen LogP contribution in [0.1, 0.15) is 59.3 Å². The Kier molecular flexibility index (Phi) is 8.30. The van der Waals surface area contributed by atoms with Crippen molar-refractivity contribution in [2.75, 3.05) is 31.6 Å². The number of benzene rings is 1. The number of piperidine rings is 1. The van der Waals surface area contributed by atoms with Crippen molar-refractivity contribution in [2.45, 2.75) is 69.7 Å². The lowest BCUT2D eigenvalue weighted by Crippen LogP contribution is -2.54. The van der Waals surface area contributed by atoms with Gasteiger partial charge in [0.15, 0.2) is 6.61 Å². The Balaban J connectivity index is 1.34. The normalized spacial score (nSPS) is 25.4. The number of amides is 4. The number of anilines is 1. The van der Waals surface area contributed by atoms with Gasteiger partial charge >= 0.3 is 12.0 Å². The monoisotopic (exact) mass is 582 g/mol. The van der Waals surface area contributed by atoms with E-state index in [1.54, 1.807) is 0 Å². The molecule has 2 atom stereocenters. The summed E-state index contributed by atoms with van der Waals surface area (Å²) in [5.74, 6) is -1.93. The van der Waals surface area contributed by atoms with Gasteiger partial charge in [0.2, 0.25) is 10.0 Å². The molecule has 2 heterocycles. The van der Waals surface area contributed by atoms with E-state index in [1.165, 1.54) is 22.5 Å². The lowest BCUT2D eigenvalue weighted by Gasteiger charge is -2.43. The Bertz CT molecular complexity index is 1280. The van der Waals surface area contributed by atoms with Crippen molar-refractivity contribution in [3.05, 3.63) is 23.2 Å². The van der Waals surface area contributed by atoms with Gasteiger partial charge in [0.05, 0.1) is 15.6 Å². The van der Waals surface area contributed by atoms with Crippen LogP contribution in [0.15, 0.2) is 23.1 Å². The number of hydrogen-bond acceptors (Lipinski definition) is 7. The molecule has 214 valence electrons. The number of halogens is 1. The van der Waals surface area contributed by atoms with Gasteiger partial charge in [0.1, 0.15) is 12.1 Å². The van der Waals surface area contributed by atoms with E-state index >= 15 is 0 Å². The molecule has 1 saturated carbocycles. The predicted octanol–water partition coefficient (Wildman–Crippen LogP) is 3.13. The lowest BCUT2D eigenvalue weighted by molar-refractivity contribution is -0.150. The molecule has 0 aromatic heterocycles. The number of imide groups is 1. The van der Waals surface area contributed by atoms with Crippen LogP contribution in [-0.2, 0) is 29.1 Å². The van der Waals surface area contributed by atoms with Crippen LogP contribution in [0.25, 0.3) is 0 Å². The summed E-state index contributed by atoms with van der Waals surface area (Å²) in [7, 11) is -3.75. The summed E-state index contributed by atoms with van der Waals surface area (Å²) in [5, 5.41) is 5.36. The summed E-state index contributed by atoms with van der Waals surface area (Å²) in [6.45, 7) is 5.64. The minimum atomic E-state index is -3.75. The molecule has 0 bridgehead atoms. The van der Waals surface area contributed by atoms with E-state index in [-0.39, 0.29) is 26.9 Å². The standard InChI is InChI=1S/C26H35ClN4O7S/c1-17-12-25(2,3)16-26(13-17)23(34)31(24(35)29-26)14-22(33)38-15-21(32)28-20-11-18(7-8-19(20)27)39(36,37)30-9-5-4-6-10-30/h7-8,11,17H,4-6,9-10,12-16H2,1-3H3,(H,28,32)(H,29,35)/t17-,26-/m0/s1. The minimum Gasteiger partial charge on any atom is -0.454 e. The first-order valence-electron chi connectivity index (χ1n) is 13.1. The quantitative estimate of drug-likeness (QED) is 0.371. The van der Waals surface area contributed by atoms with Gasteiger partial charge in [-0.2, -0.15) is 4.31 Å². The van der Waals surface area contributed by atoms with Gasteiger partial charge < -0.3 is 15.4 Å². The molecule has 0 radical (unpaired) electrons. The molecule has 1 aromatic rings. The highest BCUT2D eigenvalue weighted by Gasteiger charge is 2.56. The first-order chi connectivity index (χ1) is 18.2. The zero-order chi connectivity index (χ0) is 28.6. The fourth-order valence-electron chi connectivity index (χ4n) is 6.17. The van der Waals surface area contributed by atoms with Crippen molar-refractivity contribution in [2.24, 2.45) is 11.3 Å². The number of carbonyl (C=O) groups excluding carboxylic acids is 4. The SMILES string of the molecule is C[C@H]1CC(C)(C)C[C@]2(C1)NC(=O)N(CC(=O)OCC(=O)Nc1cc(S(=O)(=O)N3CCCCC3)ccc1Cl)C2=O. The zero-order valence-electron chi connectivity index (χ0n) is 22.4. The van der Waals surface area contributed by atoms with Crippen LogP contribution in [0.5, 0.6) is 0 Å². The maximum absolute atomic E-state index is 13.2. The fourth-order valence-corrected chi connectivity index (χ4v) is 7.88. The Hall–Kier alpha value is -2.70. The number of urea groups is 1. The fraction of sp³-hybridized carbons (Fsp3) is 0.615. The number of nitrogens with zero attached hydrogens (tertiary/aromatic N) is 2.